The van der Waals surface area contributed by atoms with Crippen LogP contribution in [-0.2, 0) is 4.79 Å². The molecule has 0 atom stereocenters. The van der Waals surface area contributed by atoms with E-state index in [9.17, 15) is 4.79 Å². The molecule has 166 valence electrons. The molecule has 1 aromatic rings. The number of thiocarbonyl (C=S) groups is 1. The van der Waals surface area contributed by atoms with Crippen LogP contribution in [0.5, 0.6) is 11.5 Å². The number of carbonyl (C=O) groups is 1. The average molecular weight is 435 g/mol. The van der Waals surface area contributed by atoms with Crippen molar-refractivity contribution in [1.29, 1.82) is 0 Å². The van der Waals surface area contributed by atoms with Crippen molar-refractivity contribution in [3.8, 4) is 11.5 Å². The van der Waals surface area contributed by atoms with E-state index in [1.165, 1.54) is 19.3 Å². The number of amides is 1. The second-order valence-electron chi connectivity index (χ2n) is 7.17. The molecule has 0 aliphatic heterocycles. The molecule has 2 N–H and O–H groups in total. The van der Waals surface area contributed by atoms with Gasteiger partial charge in [-0.2, -0.15) is 5.10 Å². The zero-order valence-electron chi connectivity index (χ0n) is 18.3. The number of nitrogens with zero attached hydrogens (tertiary/aromatic N) is 2. The van der Waals surface area contributed by atoms with Gasteiger partial charge < -0.3 is 19.7 Å². The first-order chi connectivity index (χ1) is 14.6. The zero-order chi connectivity index (χ0) is 21.8. The van der Waals surface area contributed by atoms with E-state index in [2.05, 4.69) is 15.8 Å². The zero-order valence-corrected chi connectivity index (χ0v) is 19.1. The van der Waals surface area contributed by atoms with Crippen molar-refractivity contribution < 1.29 is 14.3 Å². The Labute approximate surface area is 185 Å². The predicted molar refractivity (Wildman–Crippen MR) is 124 cm³/mol. The molecule has 0 bridgehead atoms. The predicted octanol–water partition coefficient (Wildman–Crippen LogP) is 3.46. The fourth-order valence-electron chi connectivity index (χ4n) is 3.43. The van der Waals surface area contributed by atoms with Crippen molar-refractivity contribution in [2.75, 3.05) is 26.3 Å². The molecule has 0 saturated heterocycles. The lowest BCUT2D eigenvalue weighted by Crippen LogP contribution is -2.40. The molecule has 1 amide bonds. The quantitative estimate of drug-likeness (QED) is 0.334. The van der Waals surface area contributed by atoms with Crippen LogP contribution in [0.4, 0.5) is 0 Å². The van der Waals surface area contributed by atoms with Gasteiger partial charge in [-0.25, -0.2) is 0 Å². The topological polar surface area (TPSA) is 75.2 Å². The molecule has 2 rings (SSSR count). The third-order valence-electron chi connectivity index (χ3n) is 5.06. The van der Waals surface area contributed by atoms with Crippen molar-refractivity contribution in [3.05, 3.63) is 23.8 Å². The van der Waals surface area contributed by atoms with Gasteiger partial charge in [0, 0.05) is 19.1 Å². The third kappa shape index (κ3) is 7.82. The fourth-order valence-corrected chi connectivity index (χ4v) is 3.65. The third-order valence-corrected chi connectivity index (χ3v) is 5.26. The number of ether oxygens (including phenoxy) is 2. The maximum absolute atomic E-state index is 12.2. The van der Waals surface area contributed by atoms with E-state index in [4.69, 9.17) is 21.7 Å². The van der Waals surface area contributed by atoms with Crippen LogP contribution in [0.1, 0.15) is 58.4 Å². The first-order valence-electron chi connectivity index (χ1n) is 10.8. The van der Waals surface area contributed by atoms with Gasteiger partial charge in [-0.1, -0.05) is 19.3 Å². The van der Waals surface area contributed by atoms with E-state index in [1.54, 1.807) is 17.2 Å². The molecule has 1 fully saturated rings. The molecular weight excluding hydrogens is 400 g/mol. The van der Waals surface area contributed by atoms with E-state index >= 15 is 0 Å². The summed E-state index contributed by atoms with van der Waals surface area (Å²) in [5.74, 6) is 1.07. The second kappa shape index (κ2) is 13.1. The Morgan fingerprint density at radius 3 is 2.57 bits per heavy atom. The highest BCUT2D eigenvalue weighted by molar-refractivity contribution is 7.80. The van der Waals surface area contributed by atoms with Crippen LogP contribution in [0.2, 0.25) is 0 Å². The summed E-state index contributed by atoms with van der Waals surface area (Å²) in [4.78, 5) is 13.9. The normalized spacial score (nSPS) is 14.4. The summed E-state index contributed by atoms with van der Waals surface area (Å²) >= 11 is 5.32. The summed E-state index contributed by atoms with van der Waals surface area (Å²) in [5.41, 5.74) is 3.72. The lowest BCUT2D eigenvalue weighted by atomic mass is 9.96. The van der Waals surface area contributed by atoms with Crippen molar-refractivity contribution in [2.24, 2.45) is 5.10 Å². The van der Waals surface area contributed by atoms with Gasteiger partial charge in [0.1, 0.15) is 0 Å². The molecule has 7 nitrogen and oxygen atoms in total. The highest BCUT2D eigenvalue weighted by Gasteiger charge is 2.14. The van der Waals surface area contributed by atoms with E-state index in [1.807, 2.05) is 32.9 Å². The van der Waals surface area contributed by atoms with E-state index in [-0.39, 0.29) is 12.5 Å². The minimum absolute atomic E-state index is 0.0160. The minimum Gasteiger partial charge on any atom is -0.490 e. The molecule has 1 saturated carbocycles. The van der Waals surface area contributed by atoms with Crippen molar-refractivity contribution in [1.82, 2.24) is 15.6 Å². The Hall–Kier alpha value is -2.35. The molecule has 30 heavy (non-hydrogen) atoms. The number of likely N-dealkylation sites (N-methyl/N-ethyl adjacent to an activating group) is 1. The summed E-state index contributed by atoms with van der Waals surface area (Å²) in [6, 6.07) is 5.93. The van der Waals surface area contributed by atoms with Gasteiger partial charge >= 0.3 is 0 Å². The Kier molecular flexibility index (Phi) is 10.4. The summed E-state index contributed by atoms with van der Waals surface area (Å²) < 4.78 is 11.4. The van der Waals surface area contributed by atoms with Crippen LogP contribution in [0.25, 0.3) is 0 Å². The average Bonchev–Trinajstić information content (AvgIpc) is 2.75. The van der Waals surface area contributed by atoms with Crippen LogP contribution in [0.15, 0.2) is 23.3 Å². The van der Waals surface area contributed by atoms with Crippen LogP contribution in [0, 0.1) is 0 Å². The number of carbonyl (C=O) groups excluding carboxylic acids is 1. The highest BCUT2D eigenvalue weighted by atomic mass is 32.1. The van der Waals surface area contributed by atoms with Gasteiger partial charge in [-0.15, -0.1) is 0 Å². The van der Waals surface area contributed by atoms with Crippen LogP contribution < -0.4 is 20.2 Å². The Morgan fingerprint density at radius 1 is 1.17 bits per heavy atom. The fraction of sp³-hybridized carbons (Fsp3) is 0.591. The maximum Gasteiger partial charge on any atom is 0.260 e. The van der Waals surface area contributed by atoms with Crippen molar-refractivity contribution in [2.45, 2.75) is 58.9 Å². The van der Waals surface area contributed by atoms with Crippen molar-refractivity contribution >= 4 is 29.5 Å². The molecule has 8 heteroatoms. The standard InChI is InChI=1S/C22H34N4O3S/c1-4-26(5-2)21(27)16-29-19-13-12-17(14-20(19)28-6-3)15-23-25-22(30)24-18-10-8-7-9-11-18/h12-15,18H,4-11,16H2,1-3H3,(H2,24,25,30)/b23-15-. The lowest BCUT2D eigenvalue weighted by Gasteiger charge is -2.23. The number of benzene rings is 1. The number of hydrogen-bond donors (Lipinski definition) is 2. The van der Waals surface area contributed by atoms with E-state index in [0.717, 1.165) is 18.4 Å². The number of hydrazone groups is 1. The molecule has 0 unspecified atom stereocenters. The lowest BCUT2D eigenvalue weighted by molar-refractivity contribution is -0.132. The Balaban J connectivity index is 1.92. The van der Waals surface area contributed by atoms with Gasteiger partial charge in [-0.3, -0.25) is 10.2 Å². The summed E-state index contributed by atoms with van der Waals surface area (Å²) in [7, 11) is 0. The first kappa shape index (κ1) is 23.9. The number of rotatable bonds is 10. The number of nitrogens with one attached hydrogen (secondary N) is 2. The highest BCUT2D eigenvalue weighted by Crippen LogP contribution is 2.28. The van der Waals surface area contributed by atoms with Gasteiger partial charge in [0.2, 0.25) is 0 Å². The Bertz CT molecular complexity index is 716. The number of hydrogen-bond acceptors (Lipinski definition) is 5. The van der Waals surface area contributed by atoms with Crippen LogP contribution in [0.3, 0.4) is 0 Å². The molecule has 1 aliphatic rings. The van der Waals surface area contributed by atoms with Gasteiger partial charge in [0.15, 0.2) is 23.2 Å². The largest absolute Gasteiger partial charge is 0.490 e. The molecule has 0 aromatic heterocycles. The van der Waals surface area contributed by atoms with E-state index in [0.29, 0.717) is 42.3 Å². The van der Waals surface area contributed by atoms with Gasteiger partial charge in [-0.05, 0) is 69.6 Å². The van der Waals surface area contributed by atoms with Crippen LogP contribution in [-0.4, -0.2) is 54.5 Å². The van der Waals surface area contributed by atoms with Gasteiger partial charge in [0.05, 0.1) is 12.8 Å². The molecule has 0 radical (unpaired) electrons. The minimum atomic E-state index is -0.0451. The van der Waals surface area contributed by atoms with Gasteiger partial charge in [0.25, 0.3) is 5.91 Å². The summed E-state index contributed by atoms with van der Waals surface area (Å²) in [5, 5.41) is 8.08. The first-order valence-corrected chi connectivity index (χ1v) is 11.2. The van der Waals surface area contributed by atoms with E-state index < -0.39 is 0 Å². The summed E-state index contributed by atoms with van der Waals surface area (Å²) in [6.45, 7) is 7.61. The monoisotopic (exact) mass is 434 g/mol. The molecule has 0 spiro atoms. The molecule has 0 heterocycles. The molecular formula is C22H34N4O3S. The molecule has 1 aliphatic carbocycles. The SMILES string of the molecule is CCOc1cc(/C=N\NC(=S)NC2CCCCC2)ccc1OCC(=O)N(CC)CC. The van der Waals surface area contributed by atoms with Crippen molar-refractivity contribution in [3.63, 3.8) is 0 Å². The second-order valence-corrected chi connectivity index (χ2v) is 7.58. The molecule has 1 aromatic carbocycles. The van der Waals surface area contributed by atoms with Crippen LogP contribution >= 0.6 is 12.2 Å². The smallest absolute Gasteiger partial charge is 0.260 e. The summed E-state index contributed by atoms with van der Waals surface area (Å²) in [6.07, 6.45) is 7.80. The maximum atomic E-state index is 12.2. The Morgan fingerprint density at radius 2 is 1.90 bits per heavy atom.